The highest BCUT2D eigenvalue weighted by atomic mass is 16.5. The Labute approximate surface area is 242 Å². The minimum atomic E-state index is -1.72. The first kappa shape index (κ1) is 28.7. The van der Waals surface area contributed by atoms with E-state index in [0.717, 1.165) is 16.7 Å². The monoisotopic (exact) mass is 553 g/mol. The third-order valence-electron chi connectivity index (χ3n) is 8.90. The van der Waals surface area contributed by atoms with Crippen LogP contribution in [0.5, 0.6) is 0 Å². The van der Waals surface area contributed by atoms with E-state index in [-0.39, 0.29) is 17.6 Å². The van der Waals surface area contributed by atoms with E-state index in [1.54, 1.807) is 7.05 Å². The van der Waals surface area contributed by atoms with Gasteiger partial charge in [-0.3, -0.25) is 14.5 Å². The summed E-state index contributed by atoms with van der Waals surface area (Å²) in [6, 6.07) is 30.0. The van der Waals surface area contributed by atoms with E-state index in [1.807, 2.05) is 68.4 Å². The molecule has 0 spiro atoms. The number of ether oxygens (including phenoxy) is 1. The number of hydrogen-bond acceptors (Lipinski definition) is 6. The number of hydrogen-bond donors (Lipinski definition) is 1. The molecule has 0 radical (unpaired) electrons. The summed E-state index contributed by atoms with van der Waals surface area (Å²) in [5.41, 5.74) is 0.631. The van der Waals surface area contributed by atoms with Crippen molar-refractivity contribution in [3.63, 3.8) is 0 Å². The number of amides is 1. The molecule has 3 aromatic rings. The molecule has 2 aliphatic heterocycles. The zero-order valence-corrected chi connectivity index (χ0v) is 24.2. The highest BCUT2D eigenvalue weighted by Crippen LogP contribution is 2.49. The van der Waals surface area contributed by atoms with Gasteiger partial charge in [-0.2, -0.15) is 0 Å². The van der Waals surface area contributed by atoms with Gasteiger partial charge in [-0.05, 0) is 35.6 Å². The summed E-state index contributed by atoms with van der Waals surface area (Å²) < 4.78 is 5.24. The molecule has 1 amide bonds. The molecule has 0 aromatic heterocycles. The van der Waals surface area contributed by atoms with Gasteiger partial charge < -0.3 is 15.0 Å². The van der Waals surface area contributed by atoms with Crippen molar-refractivity contribution >= 4 is 17.7 Å². The number of ketones is 1. The van der Waals surface area contributed by atoms with Gasteiger partial charge in [0, 0.05) is 26.1 Å². The number of carbonyl (C=O) groups excluding carboxylic acids is 3. The Bertz CT molecular complexity index is 1280. The number of esters is 1. The summed E-state index contributed by atoms with van der Waals surface area (Å²) >= 11 is 0. The first-order valence-electron chi connectivity index (χ1n) is 14.4. The second-order valence-corrected chi connectivity index (χ2v) is 11.3. The molecule has 0 aliphatic carbocycles. The first-order chi connectivity index (χ1) is 19.8. The summed E-state index contributed by atoms with van der Waals surface area (Å²) in [5.74, 6) is -2.05. The molecule has 2 heterocycles. The lowest BCUT2D eigenvalue weighted by atomic mass is 9.75. The summed E-state index contributed by atoms with van der Waals surface area (Å²) in [6.07, 6.45) is 0.626. The Morgan fingerprint density at radius 1 is 0.878 bits per heavy atom. The van der Waals surface area contributed by atoms with Gasteiger partial charge in [-0.15, -0.1) is 0 Å². The van der Waals surface area contributed by atoms with Crippen molar-refractivity contribution in [2.45, 2.75) is 37.4 Å². The lowest BCUT2D eigenvalue weighted by Crippen LogP contribution is -2.66. The standard InChI is InChI=1S/C34H39N3O4/c1-24(2)33(32(40)41-4,30(38)25-20-21-35-22-25)36(3)31(39)29-23-37(29)34(26-14-8-5-9-15-26,27-16-10-6-11-17-27)28-18-12-7-13-19-28/h5-19,24-25,29,35H,20-23H2,1-4H3/t25?,29?,33-,37+/m1/s1. The van der Waals surface area contributed by atoms with Crippen LogP contribution >= 0.6 is 0 Å². The summed E-state index contributed by atoms with van der Waals surface area (Å²) in [6.45, 7) is 5.28. The molecule has 41 heavy (non-hydrogen) atoms. The molecule has 7 nitrogen and oxygen atoms in total. The van der Waals surface area contributed by atoms with Gasteiger partial charge in [0.2, 0.25) is 11.4 Å². The molecule has 1 N–H and O–H groups in total. The summed E-state index contributed by atoms with van der Waals surface area (Å²) in [7, 11) is 2.87. The lowest BCUT2D eigenvalue weighted by Gasteiger charge is -2.43. The molecule has 0 saturated carbocycles. The molecule has 0 bridgehead atoms. The fourth-order valence-electron chi connectivity index (χ4n) is 6.81. The number of benzene rings is 3. The highest BCUT2D eigenvalue weighted by molar-refractivity contribution is 6.12. The van der Waals surface area contributed by atoms with Crippen LogP contribution in [0.2, 0.25) is 0 Å². The van der Waals surface area contributed by atoms with E-state index in [2.05, 4.69) is 46.6 Å². The smallest absolute Gasteiger partial charge is 0.339 e. The Morgan fingerprint density at radius 3 is 1.76 bits per heavy atom. The Morgan fingerprint density at radius 2 is 1.37 bits per heavy atom. The van der Waals surface area contributed by atoms with Crippen LogP contribution in [0.1, 0.15) is 37.0 Å². The van der Waals surface area contributed by atoms with Crippen molar-refractivity contribution in [2.24, 2.45) is 11.8 Å². The normalized spacial score (nSPS) is 21.6. The number of methoxy groups -OCH3 is 1. The first-order valence-corrected chi connectivity index (χ1v) is 14.4. The minimum Gasteiger partial charge on any atom is -0.467 e. The van der Waals surface area contributed by atoms with E-state index in [4.69, 9.17) is 4.74 Å². The molecule has 3 aromatic carbocycles. The lowest BCUT2D eigenvalue weighted by molar-refractivity contribution is -0.170. The number of Topliss-reactive ketones (excluding diaryl/α,β-unsaturated/α-hetero) is 1. The van der Waals surface area contributed by atoms with Crippen molar-refractivity contribution in [3.8, 4) is 0 Å². The number of carbonyl (C=O) groups is 3. The largest absolute Gasteiger partial charge is 0.467 e. The highest BCUT2D eigenvalue weighted by Gasteiger charge is 2.62. The number of rotatable bonds is 10. The van der Waals surface area contributed by atoms with Gasteiger partial charge in [0.25, 0.3) is 0 Å². The zero-order valence-electron chi connectivity index (χ0n) is 24.2. The maximum absolute atomic E-state index is 14.5. The van der Waals surface area contributed by atoms with Crippen LogP contribution in [0.15, 0.2) is 91.0 Å². The van der Waals surface area contributed by atoms with Crippen molar-refractivity contribution in [3.05, 3.63) is 108 Å². The van der Waals surface area contributed by atoms with Crippen molar-refractivity contribution < 1.29 is 19.1 Å². The SMILES string of the molecule is COC(=O)[C@](C(=O)C1CCNC1)(C(C)C)N(C)C(=O)C1C[N@]1C(c1ccccc1)(c1ccccc1)c1ccccc1. The van der Waals surface area contributed by atoms with Crippen LogP contribution < -0.4 is 5.32 Å². The Balaban J connectivity index is 1.60. The molecular formula is C34H39N3O4. The third-order valence-corrected chi connectivity index (χ3v) is 8.90. The molecule has 4 atom stereocenters. The molecular weight excluding hydrogens is 514 g/mol. The average Bonchev–Trinajstić information content (AvgIpc) is 3.60. The molecule has 2 unspecified atom stereocenters. The molecule has 2 fully saturated rings. The van der Waals surface area contributed by atoms with Gasteiger partial charge in [-0.25, -0.2) is 4.79 Å². The molecule has 2 saturated heterocycles. The van der Waals surface area contributed by atoms with E-state index in [1.165, 1.54) is 12.0 Å². The fraction of sp³-hybridized carbons (Fsp3) is 0.382. The fourth-order valence-corrected chi connectivity index (χ4v) is 6.81. The van der Waals surface area contributed by atoms with Crippen LogP contribution in [0.3, 0.4) is 0 Å². The molecule has 214 valence electrons. The van der Waals surface area contributed by atoms with E-state index >= 15 is 0 Å². The van der Waals surface area contributed by atoms with Crippen molar-refractivity contribution in [2.75, 3.05) is 33.8 Å². The predicted octanol–water partition coefficient (Wildman–Crippen LogP) is 3.87. The van der Waals surface area contributed by atoms with Gasteiger partial charge in [0.15, 0.2) is 5.78 Å². The minimum absolute atomic E-state index is 0.257. The average molecular weight is 554 g/mol. The van der Waals surface area contributed by atoms with Gasteiger partial charge in [-0.1, -0.05) is 105 Å². The van der Waals surface area contributed by atoms with Crippen molar-refractivity contribution in [1.29, 1.82) is 0 Å². The van der Waals surface area contributed by atoms with Crippen molar-refractivity contribution in [1.82, 2.24) is 15.1 Å². The quantitative estimate of drug-likeness (QED) is 0.178. The molecule has 2 aliphatic rings. The number of nitrogens with zero attached hydrogens (tertiary/aromatic N) is 2. The van der Waals surface area contributed by atoms with Gasteiger partial charge >= 0.3 is 5.97 Å². The maximum atomic E-state index is 14.5. The Hall–Kier alpha value is -3.81. The summed E-state index contributed by atoms with van der Waals surface area (Å²) in [4.78, 5) is 45.6. The number of nitrogens with one attached hydrogen (secondary N) is 1. The topological polar surface area (TPSA) is 78.7 Å². The predicted molar refractivity (Wildman–Crippen MR) is 158 cm³/mol. The van der Waals surface area contributed by atoms with Crippen LogP contribution in [-0.2, 0) is 24.7 Å². The van der Waals surface area contributed by atoms with Gasteiger partial charge in [0.05, 0.1) is 12.6 Å². The number of likely N-dealkylation sites (N-methyl/N-ethyl adjacent to an activating group) is 1. The zero-order chi connectivity index (χ0) is 29.2. The van der Waals surface area contributed by atoms with Crippen LogP contribution in [0.25, 0.3) is 0 Å². The van der Waals surface area contributed by atoms with Crippen LogP contribution in [-0.4, -0.2) is 72.8 Å². The molecule has 5 rings (SSSR count). The Kier molecular flexibility index (Phi) is 8.11. The maximum Gasteiger partial charge on any atom is 0.339 e. The second-order valence-electron chi connectivity index (χ2n) is 11.3. The molecule has 7 heteroatoms. The third kappa shape index (κ3) is 4.67. The van der Waals surface area contributed by atoms with E-state index in [9.17, 15) is 14.4 Å². The second kappa shape index (κ2) is 11.6. The summed E-state index contributed by atoms with van der Waals surface area (Å²) in [5, 5.41) is 3.22. The van der Waals surface area contributed by atoms with Gasteiger partial charge in [0.1, 0.15) is 6.04 Å². The van der Waals surface area contributed by atoms with E-state index < -0.39 is 29.0 Å². The van der Waals surface area contributed by atoms with E-state index in [0.29, 0.717) is 26.1 Å². The van der Waals surface area contributed by atoms with Crippen LogP contribution in [0.4, 0.5) is 0 Å². The van der Waals surface area contributed by atoms with Crippen LogP contribution in [0, 0.1) is 11.8 Å².